The normalized spacial score (nSPS) is 15.7. The third kappa shape index (κ3) is 6.32. The van der Waals surface area contributed by atoms with Crippen LogP contribution in [-0.2, 0) is 11.3 Å². The number of piperidine rings is 1. The first-order chi connectivity index (χ1) is 16.1. The molecule has 1 aliphatic rings. The van der Waals surface area contributed by atoms with Crippen molar-refractivity contribution in [3.8, 4) is 22.9 Å². The van der Waals surface area contributed by atoms with Crippen molar-refractivity contribution in [2.24, 2.45) is 5.92 Å². The van der Waals surface area contributed by atoms with Gasteiger partial charge < -0.3 is 19.3 Å². The van der Waals surface area contributed by atoms with E-state index in [1.807, 2.05) is 61.5 Å². The van der Waals surface area contributed by atoms with Crippen LogP contribution < -0.4 is 14.8 Å². The molecule has 1 atom stereocenters. The molecule has 1 aromatic heterocycles. The average molecular weight is 451 g/mol. The number of benzene rings is 2. The first-order valence-corrected chi connectivity index (χ1v) is 11.3. The lowest BCUT2D eigenvalue weighted by Crippen LogP contribution is -2.44. The van der Waals surface area contributed by atoms with Crippen LogP contribution in [0.3, 0.4) is 0 Å². The summed E-state index contributed by atoms with van der Waals surface area (Å²) < 4.78 is 16.3. The molecule has 2 aromatic carbocycles. The number of aromatic nitrogens is 2. The van der Waals surface area contributed by atoms with Crippen LogP contribution in [-0.4, -0.2) is 53.8 Å². The van der Waals surface area contributed by atoms with Gasteiger partial charge in [0.25, 0.3) is 0 Å². The van der Waals surface area contributed by atoms with Gasteiger partial charge in [-0.1, -0.05) is 35.5 Å². The van der Waals surface area contributed by atoms with Crippen LogP contribution in [0.2, 0.25) is 0 Å². The molecule has 1 amide bonds. The number of likely N-dealkylation sites (tertiary alicyclic amines) is 1. The molecule has 8 nitrogen and oxygen atoms in total. The number of nitrogens with zero attached hydrogens (tertiary/aromatic N) is 3. The third-order valence-electron chi connectivity index (χ3n) is 5.77. The fourth-order valence-electron chi connectivity index (χ4n) is 3.86. The first-order valence-electron chi connectivity index (χ1n) is 11.3. The van der Waals surface area contributed by atoms with Crippen molar-refractivity contribution in [2.75, 3.05) is 26.8 Å². The number of carbonyl (C=O) groups is 1. The van der Waals surface area contributed by atoms with E-state index in [9.17, 15) is 4.79 Å². The Balaban J connectivity index is 1.18. The third-order valence-corrected chi connectivity index (χ3v) is 5.77. The zero-order valence-corrected chi connectivity index (χ0v) is 19.1. The minimum Gasteiger partial charge on any atom is -0.497 e. The summed E-state index contributed by atoms with van der Waals surface area (Å²) >= 11 is 0. The van der Waals surface area contributed by atoms with Crippen molar-refractivity contribution in [1.29, 1.82) is 0 Å². The van der Waals surface area contributed by atoms with Crippen molar-refractivity contribution in [3.05, 3.63) is 60.5 Å². The number of carbonyl (C=O) groups excluding carboxylic acids is 1. The van der Waals surface area contributed by atoms with Crippen LogP contribution >= 0.6 is 0 Å². The van der Waals surface area contributed by atoms with E-state index in [1.165, 1.54) is 0 Å². The monoisotopic (exact) mass is 450 g/mol. The summed E-state index contributed by atoms with van der Waals surface area (Å²) in [7, 11) is 1.63. The van der Waals surface area contributed by atoms with Crippen LogP contribution in [0.25, 0.3) is 11.4 Å². The Morgan fingerprint density at radius 1 is 1.12 bits per heavy atom. The summed E-state index contributed by atoms with van der Waals surface area (Å²) in [6.07, 6.45) is 1.61. The molecular weight excluding hydrogens is 420 g/mol. The van der Waals surface area contributed by atoms with Crippen molar-refractivity contribution < 1.29 is 18.8 Å². The summed E-state index contributed by atoms with van der Waals surface area (Å²) in [6, 6.07) is 17.1. The highest BCUT2D eigenvalue weighted by Gasteiger charge is 2.26. The summed E-state index contributed by atoms with van der Waals surface area (Å²) in [6.45, 7) is 4.60. The lowest BCUT2D eigenvalue weighted by molar-refractivity contribution is -0.127. The molecule has 1 fully saturated rings. The minimum atomic E-state index is -0.0765. The number of nitrogens with one attached hydrogen (secondary N) is 1. The second-order valence-electron chi connectivity index (χ2n) is 8.32. The van der Waals surface area contributed by atoms with E-state index in [0.29, 0.717) is 24.9 Å². The predicted molar refractivity (Wildman–Crippen MR) is 124 cm³/mol. The van der Waals surface area contributed by atoms with E-state index in [4.69, 9.17) is 14.0 Å². The number of ether oxygens (including phenoxy) is 2. The summed E-state index contributed by atoms with van der Waals surface area (Å²) in [5.74, 6) is 2.83. The second-order valence-corrected chi connectivity index (χ2v) is 8.32. The van der Waals surface area contributed by atoms with Crippen LogP contribution in [0.15, 0.2) is 59.1 Å². The van der Waals surface area contributed by atoms with Gasteiger partial charge in [-0.05, 0) is 57.1 Å². The molecule has 2 heterocycles. The molecule has 0 radical (unpaired) electrons. The molecule has 0 spiro atoms. The van der Waals surface area contributed by atoms with Crippen molar-refractivity contribution in [1.82, 2.24) is 20.4 Å². The predicted octanol–water partition coefficient (Wildman–Crippen LogP) is 3.54. The highest BCUT2D eigenvalue weighted by Crippen LogP contribution is 2.21. The summed E-state index contributed by atoms with van der Waals surface area (Å²) in [5, 5.41) is 7.16. The van der Waals surface area contributed by atoms with Crippen LogP contribution in [0.4, 0.5) is 0 Å². The summed E-state index contributed by atoms with van der Waals surface area (Å²) in [5.41, 5.74) is 0.938. The van der Waals surface area contributed by atoms with E-state index in [-0.39, 0.29) is 17.9 Å². The number of methoxy groups -OCH3 is 1. The highest BCUT2D eigenvalue weighted by molar-refractivity contribution is 5.79. The van der Waals surface area contributed by atoms with Crippen LogP contribution in [0.1, 0.15) is 25.7 Å². The maximum absolute atomic E-state index is 12.7. The number of amides is 1. The lowest BCUT2D eigenvalue weighted by Gasteiger charge is -2.30. The SMILES string of the molecule is COc1ccc(OCC(C)NC(=O)C2CCN(Cc3nc(-c4ccccc4)no3)CC2)cc1. The molecule has 1 saturated heterocycles. The maximum atomic E-state index is 12.7. The topological polar surface area (TPSA) is 89.7 Å². The van der Waals surface area contributed by atoms with Gasteiger partial charge in [-0.15, -0.1) is 0 Å². The Morgan fingerprint density at radius 3 is 2.52 bits per heavy atom. The van der Waals surface area contributed by atoms with Gasteiger partial charge in [0.15, 0.2) is 0 Å². The zero-order valence-electron chi connectivity index (χ0n) is 19.1. The quantitative estimate of drug-likeness (QED) is 0.533. The van der Waals surface area contributed by atoms with Gasteiger partial charge >= 0.3 is 0 Å². The van der Waals surface area contributed by atoms with E-state index in [2.05, 4.69) is 20.4 Å². The molecule has 8 heteroatoms. The fourth-order valence-corrected chi connectivity index (χ4v) is 3.86. The second kappa shape index (κ2) is 11.0. The van der Waals surface area contributed by atoms with Gasteiger partial charge in [-0.2, -0.15) is 4.98 Å². The Bertz CT molecular complexity index is 1010. The van der Waals surface area contributed by atoms with Crippen molar-refractivity contribution in [2.45, 2.75) is 32.4 Å². The molecule has 0 bridgehead atoms. The van der Waals surface area contributed by atoms with E-state index in [1.54, 1.807) is 7.11 Å². The smallest absolute Gasteiger partial charge is 0.241 e. The standard InChI is InChI=1S/C25H30N4O4/c1-18(17-32-22-10-8-21(31-2)9-11-22)26-25(30)20-12-14-29(15-13-20)16-23-27-24(28-33-23)19-6-4-3-5-7-19/h3-11,18,20H,12-17H2,1-2H3,(H,26,30). The van der Waals surface area contributed by atoms with Gasteiger partial charge in [0, 0.05) is 11.5 Å². The van der Waals surface area contributed by atoms with Crippen LogP contribution in [0, 0.1) is 5.92 Å². The molecule has 1 aliphatic heterocycles. The van der Waals surface area contributed by atoms with Crippen LogP contribution in [0.5, 0.6) is 11.5 Å². The largest absolute Gasteiger partial charge is 0.497 e. The average Bonchev–Trinajstić information content (AvgIpc) is 3.32. The summed E-state index contributed by atoms with van der Waals surface area (Å²) in [4.78, 5) is 19.4. The Kier molecular flexibility index (Phi) is 7.57. The number of rotatable bonds is 9. The maximum Gasteiger partial charge on any atom is 0.241 e. The number of hydrogen-bond donors (Lipinski definition) is 1. The zero-order chi connectivity index (χ0) is 23.0. The Morgan fingerprint density at radius 2 is 1.82 bits per heavy atom. The minimum absolute atomic E-state index is 0.00671. The molecule has 0 aliphatic carbocycles. The Labute approximate surface area is 193 Å². The van der Waals surface area contributed by atoms with Gasteiger partial charge in [-0.3, -0.25) is 9.69 Å². The molecule has 3 aromatic rings. The number of hydrogen-bond acceptors (Lipinski definition) is 7. The van der Waals surface area contributed by atoms with E-state index >= 15 is 0 Å². The van der Waals surface area contributed by atoms with Gasteiger partial charge in [0.05, 0.1) is 19.7 Å². The first kappa shape index (κ1) is 22.8. The molecule has 1 unspecified atom stereocenters. The van der Waals surface area contributed by atoms with E-state index < -0.39 is 0 Å². The van der Waals surface area contributed by atoms with Crippen molar-refractivity contribution >= 4 is 5.91 Å². The fraction of sp³-hybridized carbons (Fsp3) is 0.400. The molecule has 1 N–H and O–H groups in total. The van der Waals surface area contributed by atoms with Gasteiger partial charge in [-0.25, -0.2) is 0 Å². The molecule has 174 valence electrons. The molecule has 0 saturated carbocycles. The molecular formula is C25H30N4O4. The van der Waals surface area contributed by atoms with E-state index in [0.717, 1.165) is 43.0 Å². The van der Waals surface area contributed by atoms with Gasteiger partial charge in [0.1, 0.15) is 18.1 Å². The highest BCUT2D eigenvalue weighted by atomic mass is 16.5. The lowest BCUT2D eigenvalue weighted by atomic mass is 9.95. The molecule has 33 heavy (non-hydrogen) atoms. The Hall–Kier alpha value is -3.39. The molecule has 4 rings (SSSR count). The van der Waals surface area contributed by atoms with Gasteiger partial charge in [0.2, 0.25) is 17.6 Å². The van der Waals surface area contributed by atoms with Crippen molar-refractivity contribution in [3.63, 3.8) is 0 Å².